The van der Waals surface area contributed by atoms with Crippen LogP contribution in [0.15, 0.2) is 78.9 Å². The molecule has 3 amide bonds. The lowest BCUT2D eigenvalue weighted by Crippen LogP contribution is -2.41. The van der Waals surface area contributed by atoms with E-state index in [4.69, 9.17) is 4.74 Å². The molecule has 1 heterocycles. The van der Waals surface area contributed by atoms with E-state index in [0.29, 0.717) is 28.4 Å². The van der Waals surface area contributed by atoms with E-state index in [1.54, 1.807) is 59.5 Å². The Morgan fingerprint density at radius 2 is 1.69 bits per heavy atom. The summed E-state index contributed by atoms with van der Waals surface area (Å²) in [5.74, 6) is -0.481. The lowest BCUT2D eigenvalue weighted by atomic mass is 10.1. The van der Waals surface area contributed by atoms with Gasteiger partial charge in [-0.25, -0.2) is 0 Å². The maximum absolute atomic E-state index is 13.1. The minimum Gasteiger partial charge on any atom is -0.483 e. The van der Waals surface area contributed by atoms with Crippen molar-refractivity contribution in [3.63, 3.8) is 0 Å². The van der Waals surface area contributed by atoms with Gasteiger partial charge >= 0.3 is 0 Å². The zero-order valence-electron chi connectivity index (χ0n) is 17.6. The Morgan fingerprint density at radius 1 is 1.00 bits per heavy atom. The molecule has 4 rings (SSSR count). The molecule has 3 aromatic carbocycles. The Hall–Kier alpha value is -4.13. The van der Waals surface area contributed by atoms with Gasteiger partial charge in [-0.2, -0.15) is 0 Å². The van der Waals surface area contributed by atoms with Crippen LogP contribution in [0.1, 0.15) is 23.7 Å². The van der Waals surface area contributed by atoms with Gasteiger partial charge in [0.25, 0.3) is 11.8 Å². The zero-order chi connectivity index (χ0) is 22.5. The van der Waals surface area contributed by atoms with Crippen LogP contribution in [0.3, 0.4) is 0 Å². The molecule has 0 fully saturated rings. The first kappa shape index (κ1) is 21.1. The zero-order valence-corrected chi connectivity index (χ0v) is 17.6. The number of anilines is 3. The van der Waals surface area contributed by atoms with E-state index in [2.05, 4.69) is 10.6 Å². The van der Waals surface area contributed by atoms with Gasteiger partial charge in [-0.05, 0) is 43.3 Å². The molecule has 32 heavy (non-hydrogen) atoms. The summed E-state index contributed by atoms with van der Waals surface area (Å²) < 4.78 is 5.78. The van der Waals surface area contributed by atoms with Crippen molar-refractivity contribution in [1.29, 1.82) is 0 Å². The standard InChI is InChI=1S/C25H23N3O4/c1-17-15-23(29)27-20-12-6-7-13-21(20)28(17)24(30)16-32-22-14-8-5-11-19(22)25(31)26-18-9-3-2-4-10-18/h2-14,17H,15-16H2,1H3,(H,26,31)(H,27,29). The molecule has 1 aliphatic rings. The Kier molecular flexibility index (Phi) is 6.17. The summed E-state index contributed by atoms with van der Waals surface area (Å²) >= 11 is 0. The predicted octanol–water partition coefficient (Wildman–Crippen LogP) is 4.08. The molecule has 3 aromatic rings. The number of rotatable bonds is 5. The van der Waals surface area contributed by atoms with E-state index in [1.807, 2.05) is 31.2 Å². The number of nitrogens with one attached hydrogen (secondary N) is 2. The molecule has 0 aromatic heterocycles. The highest BCUT2D eigenvalue weighted by Crippen LogP contribution is 2.31. The van der Waals surface area contributed by atoms with Crippen molar-refractivity contribution in [2.24, 2.45) is 0 Å². The number of fused-ring (bicyclic) bond motifs is 1. The van der Waals surface area contributed by atoms with Crippen LogP contribution in [0.25, 0.3) is 0 Å². The van der Waals surface area contributed by atoms with Crippen molar-refractivity contribution >= 4 is 34.8 Å². The number of ether oxygens (including phenoxy) is 1. The molecule has 7 nitrogen and oxygen atoms in total. The average Bonchev–Trinajstić information content (AvgIpc) is 2.92. The maximum atomic E-state index is 13.1. The highest BCUT2D eigenvalue weighted by Gasteiger charge is 2.30. The van der Waals surface area contributed by atoms with E-state index in [-0.39, 0.29) is 36.8 Å². The molecular weight excluding hydrogens is 406 g/mol. The second-order valence-corrected chi connectivity index (χ2v) is 7.49. The lowest BCUT2D eigenvalue weighted by Gasteiger charge is -2.27. The van der Waals surface area contributed by atoms with Gasteiger partial charge in [0.1, 0.15) is 5.75 Å². The van der Waals surface area contributed by atoms with Crippen LogP contribution in [0.4, 0.5) is 17.1 Å². The molecule has 0 spiro atoms. The van der Waals surface area contributed by atoms with Gasteiger partial charge in [-0.15, -0.1) is 0 Å². The molecule has 0 aliphatic carbocycles. The number of nitrogens with zero attached hydrogens (tertiary/aromatic N) is 1. The Labute approximate surface area is 186 Å². The number of hydrogen-bond donors (Lipinski definition) is 2. The fourth-order valence-corrected chi connectivity index (χ4v) is 3.68. The second-order valence-electron chi connectivity index (χ2n) is 7.49. The largest absolute Gasteiger partial charge is 0.483 e. The Morgan fingerprint density at radius 3 is 2.50 bits per heavy atom. The molecule has 0 saturated carbocycles. The van der Waals surface area contributed by atoms with E-state index < -0.39 is 0 Å². The van der Waals surface area contributed by atoms with Crippen molar-refractivity contribution in [3.8, 4) is 5.75 Å². The summed E-state index contributed by atoms with van der Waals surface area (Å²) in [5.41, 5.74) is 2.19. The third kappa shape index (κ3) is 4.62. The van der Waals surface area contributed by atoms with Crippen LogP contribution < -0.4 is 20.3 Å². The highest BCUT2D eigenvalue weighted by molar-refractivity contribution is 6.07. The molecule has 1 aliphatic heterocycles. The van der Waals surface area contributed by atoms with Gasteiger partial charge in [0, 0.05) is 18.2 Å². The molecule has 7 heteroatoms. The van der Waals surface area contributed by atoms with E-state index in [9.17, 15) is 14.4 Å². The van der Waals surface area contributed by atoms with Crippen LogP contribution >= 0.6 is 0 Å². The van der Waals surface area contributed by atoms with Gasteiger partial charge in [0.2, 0.25) is 5.91 Å². The second kappa shape index (κ2) is 9.34. The number of hydrogen-bond acceptors (Lipinski definition) is 4. The molecule has 0 bridgehead atoms. The van der Waals surface area contributed by atoms with Crippen molar-refractivity contribution in [3.05, 3.63) is 84.4 Å². The Balaban J connectivity index is 1.51. The minimum atomic E-state index is -0.341. The summed E-state index contributed by atoms with van der Waals surface area (Å²) in [6.45, 7) is 1.54. The quantitative estimate of drug-likeness (QED) is 0.640. The first-order valence-corrected chi connectivity index (χ1v) is 10.3. The number of carbonyl (C=O) groups is 3. The van der Waals surface area contributed by atoms with Gasteiger partial charge < -0.3 is 20.3 Å². The predicted molar refractivity (Wildman–Crippen MR) is 123 cm³/mol. The monoisotopic (exact) mass is 429 g/mol. The van der Waals surface area contributed by atoms with Crippen LogP contribution in [-0.2, 0) is 9.59 Å². The SMILES string of the molecule is CC1CC(=O)Nc2ccccc2N1C(=O)COc1ccccc1C(=O)Nc1ccccc1. The molecule has 2 N–H and O–H groups in total. The van der Waals surface area contributed by atoms with Crippen molar-refractivity contribution in [1.82, 2.24) is 0 Å². The highest BCUT2D eigenvalue weighted by atomic mass is 16.5. The topological polar surface area (TPSA) is 87.7 Å². The van der Waals surface area contributed by atoms with Crippen LogP contribution in [0.5, 0.6) is 5.75 Å². The van der Waals surface area contributed by atoms with Gasteiger partial charge in [-0.3, -0.25) is 14.4 Å². The van der Waals surface area contributed by atoms with Gasteiger partial charge in [0.15, 0.2) is 6.61 Å². The Bertz CT molecular complexity index is 1150. The lowest BCUT2D eigenvalue weighted by molar-refractivity contribution is -0.121. The summed E-state index contributed by atoms with van der Waals surface area (Å²) in [5, 5.41) is 5.65. The van der Waals surface area contributed by atoms with E-state index in [1.165, 1.54) is 0 Å². The van der Waals surface area contributed by atoms with Gasteiger partial charge in [-0.1, -0.05) is 42.5 Å². The summed E-state index contributed by atoms with van der Waals surface area (Å²) in [6, 6.07) is 22.7. The molecule has 162 valence electrons. The van der Waals surface area contributed by atoms with Crippen molar-refractivity contribution < 1.29 is 19.1 Å². The summed E-state index contributed by atoms with van der Waals surface area (Å²) in [6.07, 6.45) is 0.177. The van der Waals surface area contributed by atoms with Crippen LogP contribution in [0, 0.1) is 0 Å². The number of carbonyl (C=O) groups excluding carboxylic acids is 3. The van der Waals surface area contributed by atoms with Gasteiger partial charge in [0.05, 0.1) is 16.9 Å². The van der Waals surface area contributed by atoms with Crippen LogP contribution in [-0.4, -0.2) is 30.4 Å². The smallest absolute Gasteiger partial charge is 0.265 e. The number of benzene rings is 3. The first-order valence-electron chi connectivity index (χ1n) is 10.3. The average molecular weight is 429 g/mol. The molecule has 0 radical (unpaired) electrons. The number of amides is 3. The third-order valence-corrected chi connectivity index (χ3v) is 5.14. The fraction of sp³-hybridized carbons (Fsp3) is 0.160. The molecular formula is C25H23N3O4. The van der Waals surface area contributed by atoms with E-state index in [0.717, 1.165) is 0 Å². The third-order valence-electron chi connectivity index (χ3n) is 5.14. The normalized spacial score (nSPS) is 15.2. The maximum Gasteiger partial charge on any atom is 0.265 e. The van der Waals surface area contributed by atoms with Crippen LogP contribution in [0.2, 0.25) is 0 Å². The molecule has 1 atom stereocenters. The van der Waals surface area contributed by atoms with E-state index >= 15 is 0 Å². The fourth-order valence-electron chi connectivity index (χ4n) is 3.68. The van der Waals surface area contributed by atoms with Crippen molar-refractivity contribution in [2.75, 3.05) is 22.1 Å². The van der Waals surface area contributed by atoms with Crippen molar-refractivity contribution in [2.45, 2.75) is 19.4 Å². The summed E-state index contributed by atoms with van der Waals surface area (Å²) in [7, 11) is 0. The molecule has 0 saturated heterocycles. The number of para-hydroxylation sites is 4. The summed E-state index contributed by atoms with van der Waals surface area (Å²) in [4.78, 5) is 39.6. The molecule has 1 unspecified atom stereocenters. The minimum absolute atomic E-state index is 0.149. The first-order chi connectivity index (χ1) is 15.5.